The van der Waals surface area contributed by atoms with Gasteiger partial charge in [-0.1, -0.05) is 50.2 Å². The van der Waals surface area contributed by atoms with E-state index in [0.29, 0.717) is 18.7 Å². The van der Waals surface area contributed by atoms with Crippen LogP contribution in [0.2, 0.25) is 0 Å². The number of amides is 1. The maximum absolute atomic E-state index is 13.3. The lowest BCUT2D eigenvalue weighted by atomic mass is 9.97. The van der Waals surface area contributed by atoms with Gasteiger partial charge in [0.15, 0.2) is 0 Å². The summed E-state index contributed by atoms with van der Waals surface area (Å²) in [5.41, 5.74) is 2.95. The minimum absolute atomic E-state index is 0.0607. The van der Waals surface area contributed by atoms with Crippen LogP contribution in [0.3, 0.4) is 0 Å². The number of rotatable bonds is 3. The molecule has 7 heteroatoms. The highest BCUT2D eigenvalue weighted by Crippen LogP contribution is 2.25. The van der Waals surface area contributed by atoms with Gasteiger partial charge in [0.2, 0.25) is 5.91 Å². The largest absolute Gasteiger partial charge is 0.336 e. The molecule has 1 amide bonds. The number of carbonyl (C=O) groups is 1. The molecule has 0 unspecified atom stereocenters. The third-order valence-corrected chi connectivity index (χ3v) is 6.65. The van der Waals surface area contributed by atoms with Crippen molar-refractivity contribution in [1.29, 1.82) is 0 Å². The number of sulfonamides is 1. The first-order chi connectivity index (χ1) is 13.4. The van der Waals surface area contributed by atoms with Gasteiger partial charge in [-0.25, -0.2) is 8.42 Å². The summed E-state index contributed by atoms with van der Waals surface area (Å²) in [7, 11) is -3.62. The fourth-order valence-electron chi connectivity index (χ4n) is 3.73. The van der Waals surface area contributed by atoms with Crippen molar-refractivity contribution in [3.8, 4) is 0 Å². The normalized spacial score (nSPS) is 19.8. The molecule has 0 saturated heterocycles. The number of hydrogen-bond donors (Lipinski definition) is 1. The minimum Gasteiger partial charge on any atom is -0.336 e. The minimum atomic E-state index is -3.62. The second-order valence-electron chi connectivity index (χ2n) is 7.55. The average molecular weight is 398 g/mol. The van der Waals surface area contributed by atoms with Crippen molar-refractivity contribution in [1.82, 2.24) is 9.62 Å². The summed E-state index contributed by atoms with van der Waals surface area (Å²) >= 11 is 0. The lowest BCUT2D eigenvalue weighted by Crippen LogP contribution is -2.44. The standard InChI is InChI=1S/C21H23N3O3S/c1-14(2)19(21(25)24-12-11-15-7-3-4-8-16(15)13-24)22-20-17-9-5-6-10-18(17)28(26,27)23-20/h3-10,14,19H,11-13H2,1-2H3,(H,22,23)/t19-/m0/s1. The van der Waals surface area contributed by atoms with Crippen LogP contribution in [0.25, 0.3) is 0 Å². The lowest BCUT2D eigenvalue weighted by molar-refractivity contribution is -0.134. The van der Waals surface area contributed by atoms with Crippen LogP contribution < -0.4 is 4.72 Å². The number of benzene rings is 2. The Morgan fingerprint density at radius 3 is 2.50 bits per heavy atom. The molecule has 2 aromatic carbocycles. The predicted molar refractivity (Wildman–Crippen MR) is 107 cm³/mol. The number of aliphatic imine (C=N–C) groups is 1. The maximum atomic E-state index is 13.3. The molecule has 0 spiro atoms. The van der Waals surface area contributed by atoms with E-state index in [4.69, 9.17) is 0 Å². The molecule has 2 heterocycles. The predicted octanol–water partition coefficient (Wildman–Crippen LogP) is 2.33. The highest BCUT2D eigenvalue weighted by Gasteiger charge is 2.34. The number of fused-ring (bicyclic) bond motifs is 2. The Morgan fingerprint density at radius 2 is 1.75 bits per heavy atom. The summed E-state index contributed by atoms with van der Waals surface area (Å²) in [6, 6.07) is 14.2. The first-order valence-electron chi connectivity index (χ1n) is 9.42. The first-order valence-corrected chi connectivity index (χ1v) is 10.9. The SMILES string of the molecule is CC(C)[C@H](N=C1NS(=O)(=O)c2ccccc21)C(=O)N1CCc2ccccc2C1. The Kier molecular flexibility index (Phi) is 4.71. The topological polar surface area (TPSA) is 78.8 Å². The van der Waals surface area contributed by atoms with E-state index in [1.165, 1.54) is 5.56 Å². The summed E-state index contributed by atoms with van der Waals surface area (Å²) < 4.78 is 27.2. The zero-order valence-corrected chi connectivity index (χ0v) is 16.7. The van der Waals surface area contributed by atoms with Crippen molar-refractivity contribution in [2.24, 2.45) is 10.9 Å². The highest BCUT2D eigenvalue weighted by molar-refractivity contribution is 7.90. The molecule has 1 atom stereocenters. The lowest BCUT2D eigenvalue weighted by Gasteiger charge is -2.32. The Hall–Kier alpha value is -2.67. The van der Waals surface area contributed by atoms with E-state index in [-0.39, 0.29) is 22.6 Å². The summed E-state index contributed by atoms with van der Waals surface area (Å²) in [5, 5.41) is 0. The van der Waals surface area contributed by atoms with Crippen LogP contribution in [0.1, 0.15) is 30.5 Å². The number of carbonyl (C=O) groups excluding carboxylic acids is 1. The van der Waals surface area contributed by atoms with Gasteiger partial charge in [-0.15, -0.1) is 0 Å². The van der Waals surface area contributed by atoms with Gasteiger partial charge in [0.05, 0.1) is 4.90 Å². The molecular weight excluding hydrogens is 374 g/mol. The van der Waals surface area contributed by atoms with Gasteiger partial charge in [-0.3, -0.25) is 14.5 Å². The number of hydrogen-bond acceptors (Lipinski definition) is 4. The maximum Gasteiger partial charge on any atom is 0.263 e. The van der Waals surface area contributed by atoms with Gasteiger partial charge >= 0.3 is 0 Å². The van der Waals surface area contributed by atoms with Crippen molar-refractivity contribution in [3.63, 3.8) is 0 Å². The number of nitrogens with one attached hydrogen (secondary N) is 1. The van der Waals surface area contributed by atoms with Crippen LogP contribution in [-0.2, 0) is 27.8 Å². The summed E-state index contributed by atoms with van der Waals surface area (Å²) in [6.07, 6.45) is 0.818. The number of amidine groups is 1. The van der Waals surface area contributed by atoms with Gasteiger partial charge in [0.1, 0.15) is 11.9 Å². The van der Waals surface area contributed by atoms with Crippen LogP contribution in [0.15, 0.2) is 58.4 Å². The highest BCUT2D eigenvalue weighted by atomic mass is 32.2. The van der Waals surface area contributed by atoms with E-state index < -0.39 is 16.1 Å². The second kappa shape index (κ2) is 7.05. The van der Waals surface area contributed by atoms with Gasteiger partial charge < -0.3 is 4.90 Å². The molecule has 146 valence electrons. The van der Waals surface area contributed by atoms with Gasteiger partial charge in [0.25, 0.3) is 10.0 Å². The average Bonchev–Trinajstić information content (AvgIpc) is 2.95. The van der Waals surface area contributed by atoms with Crippen LogP contribution in [0, 0.1) is 5.92 Å². The molecule has 4 rings (SSSR count). The molecule has 28 heavy (non-hydrogen) atoms. The quantitative estimate of drug-likeness (QED) is 0.863. The summed E-state index contributed by atoms with van der Waals surface area (Å²) in [6.45, 7) is 5.07. The molecule has 1 N–H and O–H groups in total. The fraction of sp³-hybridized carbons (Fsp3) is 0.333. The van der Waals surface area contributed by atoms with Gasteiger partial charge in [-0.05, 0) is 35.6 Å². The van der Waals surface area contributed by atoms with E-state index in [1.807, 2.05) is 36.9 Å². The third kappa shape index (κ3) is 3.30. The molecule has 0 radical (unpaired) electrons. The van der Waals surface area contributed by atoms with Crippen molar-refractivity contribution in [3.05, 3.63) is 65.2 Å². The summed E-state index contributed by atoms with van der Waals surface area (Å²) in [5.74, 6) is 0.120. The molecule has 0 aliphatic carbocycles. The van der Waals surface area contributed by atoms with Crippen LogP contribution >= 0.6 is 0 Å². The van der Waals surface area contributed by atoms with Crippen molar-refractivity contribution >= 4 is 21.8 Å². The van der Waals surface area contributed by atoms with E-state index in [9.17, 15) is 13.2 Å². The number of nitrogens with zero attached hydrogens (tertiary/aromatic N) is 2. The molecule has 0 fully saturated rings. The van der Waals surface area contributed by atoms with Crippen LogP contribution in [0.5, 0.6) is 0 Å². The molecule has 0 saturated carbocycles. The van der Waals surface area contributed by atoms with E-state index in [2.05, 4.69) is 15.8 Å². The van der Waals surface area contributed by atoms with Crippen LogP contribution in [-0.4, -0.2) is 37.6 Å². The Bertz CT molecular complexity index is 1060. The molecule has 0 bridgehead atoms. The van der Waals surface area contributed by atoms with E-state index in [1.54, 1.807) is 24.3 Å². The van der Waals surface area contributed by atoms with Gasteiger partial charge in [-0.2, -0.15) is 0 Å². The Balaban J connectivity index is 1.64. The smallest absolute Gasteiger partial charge is 0.263 e. The molecule has 2 aliphatic rings. The van der Waals surface area contributed by atoms with Crippen molar-refractivity contribution < 1.29 is 13.2 Å². The Labute approximate surface area is 165 Å². The molecule has 2 aliphatic heterocycles. The zero-order chi connectivity index (χ0) is 19.9. The van der Waals surface area contributed by atoms with E-state index in [0.717, 1.165) is 12.0 Å². The fourth-order valence-corrected chi connectivity index (χ4v) is 4.97. The molecule has 2 aromatic rings. The molecule has 0 aromatic heterocycles. The van der Waals surface area contributed by atoms with Gasteiger partial charge in [0, 0.05) is 18.7 Å². The zero-order valence-electron chi connectivity index (χ0n) is 15.9. The summed E-state index contributed by atoms with van der Waals surface area (Å²) in [4.78, 5) is 19.9. The second-order valence-corrected chi connectivity index (χ2v) is 9.20. The molecular formula is C21H23N3O3S. The van der Waals surface area contributed by atoms with E-state index >= 15 is 0 Å². The Morgan fingerprint density at radius 1 is 1.07 bits per heavy atom. The monoisotopic (exact) mass is 397 g/mol. The van der Waals surface area contributed by atoms with Crippen molar-refractivity contribution in [2.75, 3.05) is 6.54 Å². The van der Waals surface area contributed by atoms with Crippen LogP contribution in [0.4, 0.5) is 0 Å². The first kappa shape index (κ1) is 18.7. The third-order valence-electron chi connectivity index (χ3n) is 5.26. The molecule has 6 nitrogen and oxygen atoms in total. The van der Waals surface area contributed by atoms with Crippen molar-refractivity contribution in [2.45, 2.75) is 37.8 Å².